The standard InChI is InChI=1S/C15H22OS2/c1-12-3-4-13(2)14(9-12)18-11-15(10-17)5-7-16-8-6-15/h3-4,9,17H,5-8,10-11H2,1-2H3. The van der Waals surface area contributed by atoms with Crippen LogP contribution in [0.2, 0.25) is 0 Å². The molecule has 0 aromatic heterocycles. The van der Waals surface area contributed by atoms with Crippen LogP contribution in [-0.4, -0.2) is 24.7 Å². The zero-order valence-electron chi connectivity index (χ0n) is 11.2. The molecule has 18 heavy (non-hydrogen) atoms. The van der Waals surface area contributed by atoms with Crippen molar-refractivity contribution >= 4 is 24.4 Å². The van der Waals surface area contributed by atoms with Crippen LogP contribution in [0, 0.1) is 19.3 Å². The monoisotopic (exact) mass is 282 g/mol. The van der Waals surface area contributed by atoms with Gasteiger partial charge < -0.3 is 4.74 Å². The first kappa shape index (κ1) is 14.3. The summed E-state index contributed by atoms with van der Waals surface area (Å²) in [5.74, 6) is 2.12. The summed E-state index contributed by atoms with van der Waals surface area (Å²) in [6.07, 6.45) is 2.29. The molecule has 1 nitrogen and oxygen atoms in total. The average Bonchev–Trinajstić information content (AvgIpc) is 2.41. The predicted octanol–water partition coefficient (Wildman–Crippen LogP) is 4.12. The first-order valence-electron chi connectivity index (χ1n) is 6.54. The maximum absolute atomic E-state index is 5.48. The third kappa shape index (κ3) is 3.46. The minimum atomic E-state index is 0.363. The second-order valence-corrected chi connectivity index (χ2v) is 6.66. The van der Waals surface area contributed by atoms with Crippen LogP contribution in [0.25, 0.3) is 0 Å². The molecule has 0 atom stereocenters. The highest BCUT2D eigenvalue weighted by molar-refractivity contribution is 7.99. The highest BCUT2D eigenvalue weighted by Crippen LogP contribution is 2.38. The van der Waals surface area contributed by atoms with Gasteiger partial charge >= 0.3 is 0 Å². The molecule has 1 aromatic rings. The van der Waals surface area contributed by atoms with Gasteiger partial charge in [0.2, 0.25) is 0 Å². The van der Waals surface area contributed by atoms with E-state index in [2.05, 4.69) is 44.7 Å². The molecule has 1 heterocycles. The van der Waals surface area contributed by atoms with Crippen molar-refractivity contribution in [1.82, 2.24) is 0 Å². The molecule has 0 aliphatic carbocycles. The molecule has 3 heteroatoms. The second-order valence-electron chi connectivity index (χ2n) is 5.33. The molecular formula is C15H22OS2. The normalized spacial score (nSPS) is 18.8. The van der Waals surface area contributed by atoms with Crippen LogP contribution >= 0.6 is 24.4 Å². The van der Waals surface area contributed by atoms with Crippen molar-refractivity contribution < 1.29 is 4.74 Å². The number of thioether (sulfide) groups is 1. The Balaban J connectivity index is 2.03. The van der Waals surface area contributed by atoms with Gasteiger partial charge in [-0.2, -0.15) is 12.6 Å². The quantitative estimate of drug-likeness (QED) is 0.657. The summed E-state index contributed by atoms with van der Waals surface area (Å²) in [5, 5.41) is 0. The Labute approximate surface area is 120 Å². The van der Waals surface area contributed by atoms with E-state index in [1.807, 2.05) is 11.8 Å². The van der Waals surface area contributed by atoms with Crippen molar-refractivity contribution in [2.75, 3.05) is 24.7 Å². The zero-order valence-corrected chi connectivity index (χ0v) is 12.9. The van der Waals surface area contributed by atoms with E-state index in [4.69, 9.17) is 4.74 Å². The van der Waals surface area contributed by atoms with Crippen molar-refractivity contribution in [2.45, 2.75) is 31.6 Å². The van der Waals surface area contributed by atoms with Crippen LogP contribution in [0.4, 0.5) is 0 Å². The van der Waals surface area contributed by atoms with Gasteiger partial charge in [-0.3, -0.25) is 0 Å². The molecule has 0 amide bonds. The fraction of sp³-hybridized carbons (Fsp3) is 0.600. The van der Waals surface area contributed by atoms with E-state index in [-0.39, 0.29) is 0 Å². The van der Waals surface area contributed by atoms with E-state index in [1.54, 1.807) is 0 Å². The van der Waals surface area contributed by atoms with E-state index in [1.165, 1.54) is 16.0 Å². The van der Waals surface area contributed by atoms with E-state index >= 15 is 0 Å². The number of ether oxygens (including phenoxy) is 1. The van der Waals surface area contributed by atoms with Crippen LogP contribution in [0.1, 0.15) is 24.0 Å². The van der Waals surface area contributed by atoms with Crippen LogP contribution in [0.3, 0.4) is 0 Å². The lowest BCUT2D eigenvalue weighted by molar-refractivity contribution is 0.0371. The summed E-state index contributed by atoms with van der Waals surface area (Å²) in [6, 6.07) is 6.70. The maximum Gasteiger partial charge on any atom is 0.0471 e. The van der Waals surface area contributed by atoms with Crippen LogP contribution in [-0.2, 0) is 4.74 Å². The second kappa shape index (κ2) is 6.36. The minimum Gasteiger partial charge on any atom is -0.381 e. The molecule has 2 rings (SSSR count). The first-order chi connectivity index (χ1) is 8.65. The highest BCUT2D eigenvalue weighted by Gasteiger charge is 2.31. The summed E-state index contributed by atoms with van der Waals surface area (Å²) in [5.41, 5.74) is 3.09. The van der Waals surface area contributed by atoms with E-state index in [0.29, 0.717) is 5.41 Å². The molecule has 1 aliphatic heterocycles. The first-order valence-corrected chi connectivity index (χ1v) is 8.16. The van der Waals surface area contributed by atoms with Gasteiger partial charge in [-0.15, -0.1) is 11.8 Å². The number of hydrogen-bond acceptors (Lipinski definition) is 3. The number of hydrogen-bond donors (Lipinski definition) is 1. The molecule has 1 aromatic carbocycles. The summed E-state index contributed by atoms with van der Waals surface area (Å²) in [4.78, 5) is 1.42. The average molecular weight is 282 g/mol. The van der Waals surface area contributed by atoms with Gasteiger partial charge in [0.15, 0.2) is 0 Å². The van der Waals surface area contributed by atoms with Crippen molar-refractivity contribution in [2.24, 2.45) is 5.41 Å². The minimum absolute atomic E-state index is 0.363. The fourth-order valence-electron chi connectivity index (χ4n) is 2.25. The fourth-order valence-corrected chi connectivity index (χ4v) is 4.24. The zero-order chi connectivity index (χ0) is 13.0. The van der Waals surface area contributed by atoms with E-state index < -0.39 is 0 Å². The number of thiol groups is 1. The van der Waals surface area contributed by atoms with Gasteiger partial charge in [0.25, 0.3) is 0 Å². The number of aryl methyl sites for hydroxylation is 2. The van der Waals surface area contributed by atoms with Crippen LogP contribution in [0.15, 0.2) is 23.1 Å². The predicted molar refractivity (Wildman–Crippen MR) is 83.0 cm³/mol. The van der Waals surface area contributed by atoms with Gasteiger partial charge in [-0.05, 0) is 49.5 Å². The molecule has 0 radical (unpaired) electrons. The van der Waals surface area contributed by atoms with Crippen molar-refractivity contribution in [1.29, 1.82) is 0 Å². The summed E-state index contributed by atoms with van der Waals surface area (Å²) >= 11 is 6.56. The lowest BCUT2D eigenvalue weighted by Gasteiger charge is -2.35. The molecule has 0 N–H and O–H groups in total. The van der Waals surface area contributed by atoms with Crippen LogP contribution < -0.4 is 0 Å². The van der Waals surface area contributed by atoms with Crippen molar-refractivity contribution in [3.8, 4) is 0 Å². The highest BCUT2D eigenvalue weighted by atomic mass is 32.2. The van der Waals surface area contributed by atoms with Crippen LogP contribution in [0.5, 0.6) is 0 Å². The van der Waals surface area contributed by atoms with Crippen molar-refractivity contribution in [3.63, 3.8) is 0 Å². The summed E-state index contributed by atoms with van der Waals surface area (Å²) < 4.78 is 5.48. The third-order valence-corrected chi connectivity index (χ3v) is 5.94. The molecule has 0 spiro atoms. The Morgan fingerprint density at radius 1 is 1.28 bits per heavy atom. The molecule has 100 valence electrons. The van der Waals surface area contributed by atoms with E-state index in [9.17, 15) is 0 Å². The Bertz CT molecular complexity index is 397. The molecular weight excluding hydrogens is 260 g/mol. The van der Waals surface area contributed by atoms with Gasteiger partial charge in [-0.1, -0.05) is 17.7 Å². The van der Waals surface area contributed by atoms with Crippen molar-refractivity contribution in [3.05, 3.63) is 29.3 Å². The maximum atomic E-state index is 5.48. The third-order valence-electron chi connectivity index (χ3n) is 3.77. The smallest absolute Gasteiger partial charge is 0.0471 e. The SMILES string of the molecule is Cc1ccc(C)c(SCC2(CS)CCOCC2)c1. The molecule has 1 aliphatic rings. The van der Waals surface area contributed by atoms with E-state index in [0.717, 1.165) is 37.6 Å². The Kier molecular flexibility index (Phi) is 5.05. The Morgan fingerprint density at radius 3 is 2.67 bits per heavy atom. The van der Waals surface area contributed by atoms with Gasteiger partial charge in [0, 0.05) is 23.9 Å². The largest absolute Gasteiger partial charge is 0.381 e. The number of benzene rings is 1. The van der Waals surface area contributed by atoms with Gasteiger partial charge in [0.1, 0.15) is 0 Å². The molecule has 0 unspecified atom stereocenters. The molecule has 1 fully saturated rings. The molecule has 1 saturated heterocycles. The lowest BCUT2D eigenvalue weighted by Crippen LogP contribution is -2.33. The molecule has 0 saturated carbocycles. The summed E-state index contributed by atoms with van der Waals surface area (Å²) in [6.45, 7) is 6.15. The summed E-state index contributed by atoms with van der Waals surface area (Å²) in [7, 11) is 0. The van der Waals surface area contributed by atoms with Gasteiger partial charge in [-0.25, -0.2) is 0 Å². The van der Waals surface area contributed by atoms with Gasteiger partial charge in [0.05, 0.1) is 0 Å². The lowest BCUT2D eigenvalue weighted by atomic mass is 9.84. The Morgan fingerprint density at radius 2 is 2.00 bits per heavy atom. The Hall–Kier alpha value is -0.120. The number of rotatable bonds is 4. The topological polar surface area (TPSA) is 9.23 Å². The molecule has 0 bridgehead atoms.